The van der Waals surface area contributed by atoms with Crippen molar-refractivity contribution in [3.8, 4) is 0 Å². The van der Waals surface area contributed by atoms with Crippen LogP contribution in [0.1, 0.15) is 29.8 Å². The van der Waals surface area contributed by atoms with Gasteiger partial charge >= 0.3 is 0 Å². The second-order valence-electron chi connectivity index (χ2n) is 7.02. The first kappa shape index (κ1) is 17.0. The molecule has 1 aromatic carbocycles. The van der Waals surface area contributed by atoms with Crippen molar-refractivity contribution in [1.82, 2.24) is 20.7 Å². The Kier molecular flexibility index (Phi) is 4.80. The molecule has 0 bridgehead atoms. The maximum atomic E-state index is 13.1. The number of fused-ring (bicyclic) bond motifs is 1. The van der Waals surface area contributed by atoms with Crippen LogP contribution in [0.3, 0.4) is 0 Å². The van der Waals surface area contributed by atoms with Crippen LogP contribution in [0.15, 0.2) is 18.2 Å². The number of hydrogen-bond donors (Lipinski definition) is 2. The van der Waals surface area contributed by atoms with Crippen LogP contribution in [0.25, 0.3) is 0 Å². The summed E-state index contributed by atoms with van der Waals surface area (Å²) in [5, 5.41) is 15.8. The Balaban J connectivity index is 1.61. The van der Waals surface area contributed by atoms with Crippen LogP contribution >= 0.6 is 23.2 Å². The van der Waals surface area contributed by atoms with Crippen molar-refractivity contribution < 1.29 is 4.79 Å². The molecule has 1 aliphatic heterocycles. The Morgan fingerprint density at radius 1 is 1.12 bits per heavy atom. The number of halogens is 2. The molecule has 132 valence electrons. The first-order valence-electron chi connectivity index (χ1n) is 8.71. The molecule has 2 aliphatic rings. The Hall–Kier alpha value is -1.43. The van der Waals surface area contributed by atoms with Gasteiger partial charge in [0.25, 0.3) is 0 Å². The summed E-state index contributed by atoms with van der Waals surface area (Å²) in [5.74, 6) is 0.442. The van der Waals surface area contributed by atoms with Gasteiger partial charge in [-0.2, -0.15) is 15.4 Å². The molecule has 25 heavy (non-hydrogen) atoms. The van der Waals surface area contributed by atoms with Gasteiger partial charge in [0.1, 0.15) is 0 Å². The molecule has 2 N–H and O–H groups in total. The average molecular weight is 379 g/mol. The van der Waals surface area contributed by atoms with E-state index in [1.165, 1.54) is 0 Å². The number of aromatic nitrogens is 3. The molecule has 2 aromatic rings. The minimum atomic E-state index is -0.0500. The largest absolute Gasteiger partial charge is 0.307 e. The van der Waals surface area contributed by atoms with E-state index in [0.29, 0.717) is 22.2 Å². The fourth-order valence-electron chi connectivity index (χ4n) is 4.13. The zero-order chi connectivity index (χ0) is 17.4. The lowest BCUT2D eigenvalue weighted by atomic mass is 9.73. The standard InChI is InChI=1S/C18H20Cl2N4O/c19-12-5-10(6-13(20)8-12)4-11-7-16-17(23-24-22-16)9-14(11)18(25)15-2-1-3-21-15/h5-6,8,11,14-15,21H,1-4,7,9H2,(H,22,23,24)/t11-,14?,15?/m0/s1. The molecule has 3 atom stereocenters. The summed E-state index contributed by atoms with van der Waals surface area (Å²) in [6, 6.07) is 5.57. The SMILES string of the molecule is O=C(C1CCCN1)C1Cc2n[nH]nc2C[C@@H]1Cc1cc(Cl)cc(Cl)c1. The zero-order valence-corrected chi connectivity index (χ0v) is 15.3. The number of aromatic amines is 1. The van der Waals surface area contributed by atoms with Gasteiger partial charge in [-0.25, -0.2) is 0 Å². The highest BCUT2D eigenvalue weighted by Crippen LogP contribution is 2.34. The first-order chi connectivity index (χ1) is 12.1. The second kappa shape index (κ2) is 7.06. The molecule has 4 rings (SSSR count). The van der Waals surface area contributed by atoms with Gasteiger partial charge in [0, 0.05) is 22.4 Å². The van der Waals surface area contributed by atoms with Crippen LogP contribution in [0.5, 0.6) is 0 Å². The lowest BCUT2D eigenvalue weighted by Crippen LogP contribution is -2.42. The number of nitrogens with zero attached hydrogens (tertiary/aromatic N) is 2. The van der Waals surface area contributed by atoms with Crippen LogP contribution in [0, 0.1) is 11.8 Å². The predicted molar refractivity (Wildman–Crippen MR) is 97.0 cm³/mol. The van der Waals surface area contributed by atoms with E-state index in [0.717, 1.165) is 49.2 Å². The van der Waals surface area contributed by atoms with Crippen molar-refractivity contribution in [2.24, 2.45) is 11.8 Å². The van der Waals surface area contributed by atoms with Crippen LogP contribution in [0.4, 0.5) is 0 Å². The minimum Gasteiger partial charge on any atom is -0.307 e. The maximum Gasteiger partial charge on any atom is 0.153 e. The topological polar surface area (TPSA) is 70.7 Å². The van der Waals surface area contributed by atoms with Crippen LogP contribution in [0.2, 0.25) is 10.0 Å². The van der Waals surface area contributed by atoms with Crippen molar-refractivity contribution >= 4 is 29.0 Å². The van der Waals surface area contributed by atoms with E-state index in [9.17, 15) is 4.79 Å². The highest BCUT2D eigenvalue weighted by Gasteiger charge is 2.39. The van der Waals surface area contributed by atoms with Gasteiger partial charge in [-0.1, -0.05) is 23.2 Å². The molecule has 1 fully saturated rings. The Bertz CT molecular complexity index is 765. The second-order valence-corrected chi connectivity index (χ2v) is 7.90. The fraction of sp³-hybridized carbons (Fsp3) is 0.500. The lowest BCUT2D eigenvalue weighted by molar-refractivity contribution is -0.126. The number of carbonyl (C=O) groups excluding carboxylic acids is 1. The van der Waals surface area contributed by atoms with Crippen LogP contribution < -0.4 is 5.32 Å². The molecule has 0 spiro atoms. The fourth-order valence-corrected chi connectivity index (χ4v) is 4.70. The van der Waals surface area contributed by atoms with Crippen LogP contribution in [-0.4, -0.2) is 33.8 Å². The number of H-pyrrole nitrogens is 1. The zero-order valence-electron chi connectivity index (χ0n) is 13.8. The third kappa shape index (κ3) is 3.59. The Morgan fingerprint density at radius 3 is 2.52 bits per heavy atom. The van der Waals surface area contributed by atoms with Crippen LogP contribution in [-0.2, 0) is 24.1 Å². The van der Waals surface area contributed by atoms with Gasteiger partial charge < -0.3 is 5.32 Å². The summed E-state index contributed by atoms with van der Waals surface area (Å²) in [6.07, 6.45) is 4.15. The summed E-state index contributed by atoms with van der Waals surface area (Å²) in [7, 11) is 0. The molecular weight excluding hydrogens is 359 g/mol. The lowest BCUT2D eigenvalue weighted by Gasteiger charge is -2.31. The Labute approximate surface area is 156 Å². The summed E-state index contributed by atoms with van der Waals surface area (Å²) in [4.78, 5) is 13.1. The van der Waals surface area contributed by atoms with E-state index in [2.05, 4.69) is 20.7 Å². The number of ketones is 1. The molecule has 2 unspecified atom stereocenters. The summed E-state index contributed by atoms with van der Waals surface area (Å²) in [6.45, 7) is 0.924. The normalized spacial score (nSPS) is 25.8. The molecule has 1 saturated heterocycles. The minimum absolute atomic E-state index is 0.0242. The maximum absolute atomic E-state index is 13.1. The monoisotopic (exact) mass is 378 g/mol. The third-order valence-corrected chi connectivity index (χ3v) is 5.77. The predicted octanol–water partition coefficient (Wildman–Crippen LogP) is 3.01. The first-order valence-corrected chi connectivity index (χ1v) is 9.46. The van der Waals surface area contributed by atoms with E-state index in [1.54, 1.807) is 6.07 Å². The van der Waals surface area contributed by atoms with Gasteiger partial charge in [0.15, 0.2) is 5.78 Å². The Morgan fingerprint density at radius 2 is 1.84 bits per heavy atom. The molecule has 0 radical (unpaired) electrons. The van der Waals surface area contributed by atoms with Gasteiger partial charge in [0.05, 0.1) is 17.4 Å². The molecule has 0 amide bonds. The molecule has 1 aromatic heterocycles. The number of nitrogens with one attached hydrogen (secondary N) is 2. The quantitative estimate of drug-likeness (QED) is 0.857. The number of hydrogen-bond acceptors (Lipinski definition) is 4. The molecule has 1 aliphatic carbocycles. The summed E-state index contributed by atoms with van der Waals surface area (Å²) < 4.78 is 0. The van der Waals surface area contributed by atoms with Crippen molar-refractivity contribution in [1.29, 1.82) is 0 Å². The van der Waals surface area contributed by atoms with E-state index in [1.807, 2.05) is 12.1 Å². The molecular formula is C18H20Cl2N4O. The van der Waals surface area contributed by atoms with Gasteiger partial charge in [-0.3, -0.25) is 4.79 Å². The van der Waals surface area contributed by atoms with E-state index in [4.69, 9.17) is 23.2 Å². The molecule has 5 nitrogen and oxygen atoms in total. The van der Waals surface area contributed by atoms with Gasteiger partial charge in [-0.15, -0.1) is 0 Å². The number of Topliss-reactive ketones (excluding diaryl/α,β-unsaturated/α-hetero) is 1. The van der Waals surface area contributed by atoms with E-state index < -0.39 is 0 Å². The number of carbonyl (C=O) groups is 1. The summed E-state index contributed by atoms with van der Waals surface area (Å²) >= 11 is 12.3. The number of benzene rings is 1. The summed E-state index contributed by atoms with van der Waals surface area (Å²) in [5.41, 5.74) is 2.96. The molecule has 7 heteroatoms. The average Bonchev–Trinajstić information content (AvgIpc) is 3.24. The van der Waals surface area contributed by atoms with Crippen molar-refractivity contribution in [3.63, 3.8) is 0 Å². The van der Waals surface area contributed by atoms with E-state index >= 15 is 0 Å². The number of rotatable bonds is 4. The van der Waals surface area contributed by atoms with Gasteiger partial charge in [-0.05, 0) is 61.9 Å². The smallest absolute Gasteiger partial charge is 0.153 e. The van der Waals surface area contributed by atoms with Crippen molar-refractivity contribution in [2.45, 2.75) is 38.1 Å². The molecule has 0 saturated carbocycles. The molecule has 2 heterocycles. The van der Waals surface area contributed by atoms with Gasteiger partial charge in [0.2, 0.25) is 0 Å². The third-order valence-electron chi connectivity index (χ3n) is 5.33. The highest BCUT2D eigenvalue weighted by molar-refractivity contribution is 6.34. The van der Waals surface area contributed by atoms with Crippen molar-refractivity contribution in [3.05, 3.63) is 45.2 Å². The van der Waals surface area contributed by atoms with E-state index in [-0.39, 0.29) is 17.9 Å². The van der Waals surface area contributed by atoms with Crippen molar-refractivity contribution in [2.75, 3.05) is 6.54 Å². The highest BCUT2D eigenvalue weighted by atomic mass is 35.5.